The molecule has 0 unspecified atom stereocenters. The van der Waals surface area contributed by atoms with Crippen LogP contribution in [0.4, 0.5) is 0 Å². The molecule has 1 aliphatic carbocycles. The summed E-state index contributed by atoms with van der Waals surface area (Å²) in [7, 11) is 0. The van der Waals surface area contributed by atoms with Gasteiger partial charge < -0.3 is 9.64 Å². The van der Waals surface area contributed by atoms with Gasteiger partial charge in [-0.2, -0.15) is 0 Å². The van der Waals surface area contributed by atoms with Crippen molar-refractivity contribution in [2.45, 2.75) is 46.6 Å². The normalized spacial score (nSPS) is 33.9. The van der Waals surface area contributed by atoms with E-state index in [4.69, 9.17) is 4.74 Å². The van der Waals surface area contributed by atoms with Gasteiger partial charge in [0.1, 0.15) is 0 Å². The fraction of sp³-hybridized carbons (Fsp3) is 1.00. The second-order valence-electron chi connectivity index (χ2n) is 6.67. The molecule has 0 N–H and O–H groups in total. The average molecular weight is 239 g/mol. The molecular formula is C15H29NO. The Hall–Kier alpha value is -0.0800. The number of hydrogen-bond acceptors (Lipinski definition) is 2. The van der Waals surface area contributed by atoms with Crippen molar-refractivity contribution in [3.63, 3.8) is 0 Å². The fourth-order valence-electron chi connectivity index (χ4n) is 3.59. The van der Waals surface area contributed by atoms with Crippen molar-refractivity contribution in [1.82, 2.24) is 4.90 Å². The van der Waals surface area contributed by atoms with Gasteiger partial charge in [-0.1, -0.05) is 13.8 Å². The standard InChI is InChI=1S/C15H29NO/c1-11(2)13-7-14-9-16(10-15(14)8-13)5-6-17-12(3)4/h11-15H,5-10H2,1-4H3/t13-,14-,15+. The zero-order valence-electron chi connectivity index (χ0n) is 12.0. The molecule has 2 heteroatoms. The lowest BCUT2D eigenvalue weighted by molar-refractivity contribution is 0.0616. The Morgan fingerprint density at radius 3 is 2.12 bits per heavy atom. The molecule has 3 atom stereocenters. The lowest BCUT2D eigenvalue weighted by Gasteiger charge is -2.20. The average Bonchev–Trinajstić information content (AvgIpc) is 2.73. The molecular weight excluding hydrogens is 210 g/mol. The number of likely N-dealkylation sites (tertiary alicyclic amines) is 1. The molecule has 0 aromatic rings. The van der Waals surface area contributed by atoms with Gasteiger partial charge in [0, 0.05) is 19.6 Å². The van der Waals surface area contributed by atoms with E-state index < -0.39 is 0 Å². The molecule has 2 rings (SSSR count). The summed E-state index contributed by atoms with van der Waals surface area (Å²) in [4.78, 5) is 2.62. The van der Waals surface area contributed by atoms with E-state index in [0.29, 0.717) is 6.10 Å². The first-order valence-corrected chi connectivity index (χ1v) is 7.40. The van der Waals surface area contributed by atoms with Crippen LogP contribution in [0.5, 0.6) is 0 Å². The third-order valence-corrected chi connectivity index (χ3v) is 4.66. The molecule has 0 amide bonds. The molecule has 1 saturated heterocycles. The molecule has 0 bridgehead atoms. The Bertz CT molecular complexity index is 225. The molecule has 17 heavy (non-hydrogen) atoms. The van der Waals surface area contributed by atoms with Gasteiger partial charge in [0.2, 0.25) is 0 Å². The minimum Gasteiger partial charge on any atom is -0.377 e. The predicted octanol–water partition coefficient (Wildman–Crippen LogP) is 3.03. The summed E-state index contributed by atoms with van der Waals surface area (Å²) in [6.07, 6.45) is 3.33. The van der Waals surface area contributed by atoms with Crippen LogP contribution in [-0.4, -0.2) is 37.2 Å². The Morgan fingerprint density at radius 1 is 1.06 bits per heavy atom. The number of fused-ring (bicyclic) bond motifs is 1. The second kappa shape index (κ2) is 5.71. The highest BCUT2D eigenvalue weighted by molar-refractivity contribution is 4.92. The second-order valence-corrected chi connectivity index (χ2v) is 6.67. The molecule has 100 valence electrons. The van der Waals surface area contributed by atoms with Gasteiger partial charge in [0.05, 0.1) is 12.7 Å². The van der Waals surface area contributed by atoms with E-state index in [9.17, 15) is 0 Å². The number of rotatable bonds is 5. The summed E-state index contributed by atoms with van der Waals surface area (Å²) in [5.74, 6) is 3.86. The Morgan fingerprint density at radius 2 is 1.65 bits per heavy atom. The molecule has 2 aliphatic rings. The predicted molar refractivity (Wildman–Crippen MR) is 72.1 cm³/mol. The zero-order chi connectivity index (χ0) is 12.4. The van der Waals surface area contributed by atoms with Gasteiger partial charge in [-0.3, -0.25) is 0 Å². The van der Waals surface area contributed by atoms with Crippen molar-refractivity contribution >= 4 is 0 Å². The van der Waals surface area contributed by atoms with Gasteiger partial charge >= 0.3 is 0 Å². The summed E-state index contributed by atoms with van der Waals surface area (Å²) in [5.41, 5.74) is 0. The van der Waals surface area contributed by atoms with Crippen molar-refractivity contribution < 1.29 is 4.74 Å². The molecule has 1 saturated carbocycles. The summed E-state index contributed by atoms with van der Waals surface area (Å²) in [6.45, 7) is 13.7. The highest BCUT2D eigenvalue weighted by atomic mass is 16.5. The van der Waals surface area contributed by atoms with E-state index in [0.717, 1.165) is 36.8 Å². The van der Waals surface area contributed by atoms with Gasteiger partial charge in [-0.05, 0) is 50.4 Å². The lowest BCUT2D eigenvalue weighted by Crippen LogP contribution is -2.27. The van der Waals surface area contributed by atoms with Crippen molar-refractivity contribution in [1.29, 1.82) is 0 Å². The van der Waals surface area contributed by atoms with E-state index >= 15 is 0 Å². The Kier molecular flexibility index (Phi) is 4.48. The van der Waals surface area contributed by atoms with Crippen LogP contribution in [0.1, 0.15) is 40.5 Å². The summed E-state index contributed by atoms with van der Waals surface area (Å²) >= 11 is 0. The quantitative estimate of drug-likeness (QED) is 0.731. The van der Waals surface area contributed by atoms with Crippen molar-refractivity contribution in [2.75, 3.05) is 26.2 Å². The van der Waals surface area contributed by atoms with E-state index in [1.807, 2.05) is 0 Å². The maximum atomic E-state index is 5.64. The van der Waals surface area contributed by atoms with E-state index in [1.54, 1.807) is 0 Å². The third kappa shape index (κ3) is 3.45. The topological polar surface area (TPSA) is 12.5 Å². The van der Waals surface area contributed by atoms with Crippen molar-refractivity contribution in [2.24, 2.45) is 23.7 Å². The van der Waals surface area contributed by atoms with Gasteiger partial charge in [-0.15, -0.1) is 0 Å². The van der Waals surface area contributed by atoms with Crippen LogP contribution in [0.15, 0.2) is 0 Å². The van der Waals surface area contributed by atoms with Crippen molar-refractivity contribution in [3.05, 3.63) is 0 Å². The Balaban J connectivity index is 1.69. The van der Waals surface area contributed by atoms with E-state index in [1.165, 1.54) is 25.9 Å². The fourth-order valence-corrected chi connectivity index (χ4v) is 3.59. The molecule has 0 aromatic heterocycles. The SMILES string of the molecule is CC(C)OCCN1C[C@H]2C[C@@H](C(C)C)C[C@H]2C1. The van der Waals surface area contributed by atoms with Crippen molar-refractivity contribution in [3.8, 4) is 0 Å². The van der Waals surface area contributed by atoms with Gasteiger partial charge in [0.25, 0.3) is 0 Å². The first-order valence-electron chi connectivity index (χ1n) is 7.40. The molecule has 2 fully saturated rings. The summed E-state index contributed by atoms with van der Waals surface area (Å²) < 4.78 is 5.64. The molecule has 0 spiro atoms. The van der Waals surface area contributed by atoms with Gasteiger partial charge in [0.15, 0.2) is 0 Å². The number of ether oxygens (including phenoxy) is 1. The summed E-state index contributed by atoms with van der Waals surface area (Å²) in [6, 6.07) is 0. The molecule has 0 aromatic carbocycles. The van der Waals surface area contributed by atoms with E-state index in [-0.39, 0.29) is 0 Å². The van der Waals surface area contributed by atoms with Crippen LogP contribution >= 0.6 is 0 Å². The highest BCUT2D eigenvalue weighted by Gasteiger charge is 2.41. The lowest BCUT2D eigenvalue weighted by atomic mass is 9.93. The van der Waals surface area contributed by atoms with Crippen LogP contribution in [0, 0.1) is 23.7 Å². The summed E-state index contributed by atoms with van der Waals surface area (Å²) in [5, 5.41) is 0. The number of nitrogens with zero attached hydrogens (tertiary/aromatic N) is 1. The molecule has 1 aliphatic heterocycles. The van der Waals surface area contributed by atoms with Crippen LogP contribution in [0.2, 0.25) is 0 Å². The largest absolute Gasteiger partial charge is 0.377 e. The van der Waals surface area contributed by atoms with Crippen LogP contribution in [0.25, 0.3) is 0 Å². The van der Waals surface area contributed by atoms with Crippen LogP contribution in [-0.2, 0) is 4.74 Å². The molecule has 2 nitrogen and oxygen atoms in total. The molecule has 0 radical (unpaired) electrons. The Labute approximate surface area is 107 Å². The van der Waals surface area contributed by atoms with Crippen LogP contribution < -0.4 is 0 Å². The monoisotopic (exact) mass is 239 g/mol. The maximum Gasteiger partial charge on any atom is 0.0596 e. The van der Waals surface area contributed by atoms with Gasteiger partial charge in [-0.25, -0.2) is 0 Å². The van der Waals surface area contributed by atoms with Crippen LogP contribution in [0.3, 0.4) is 0 Å². The maximum absolute atomic E-state index is 5.64. The minimum atomic E-state index is 0.377. The smallest absolute Gasteiger partial charge is 0.0596 e. The number of hydrogen-bond donors (Lipinski definition) is 0. The first-order chi connectivity index (χ1) is 8.06. The zero-order valence-corrected chi connectivity index (χ0v) is 12.0. The highest BCUT2D eigenvalue weighted by Crippen LogP contribution is 2.44. The third-order valence-electron chi connectivity index (χ3n) is 4.66. The minimum absolute atomic E-state index is 0.377. The molecule has 1 heterocycles. The first kappa shape index (κ1) is 13.4. The van der Waals surface area contributed by atoms with E-state index in [2.05, 4.69) is 32.6 Å².